The molecule has 0 saturated heterocycles. The Morgan fingerprint density at radius 2 is 1.43 bits per heavy atom. The third kappa shape index (κ3) is 5.93. The third-order valence-corrected chi connectivity index (χ3v) is 7.42. The largest absolute Gasteiger partial charge is 0.495 e. The molecule has 0 aliphatic carbocycles. The van der Waals surface area contributed by atoms with Crippen LogP contribution in [0, 0.1) is 6.92 Å². The van der Waals surface area contributed by atoms with Crippen molar-refractivity contribution >= 4 is 50.5 Å². The number of aryl methyl sites for hydroxylation is 1. The van der Waals surface area contributed by atoms with Crippen molar-refractivity contribution in [1.82, 2.24) is 0 Å². The van der Waals surface area contributed by atoms with Crippen LogP contribution in [0.15, 0.2) is 59.5 Å². The predicted octanol–water partition coefficient (Wildman–Crippen LogP) is 5.16. The van der Waals surface area contributed by atoms with Crippen LogP contribution in [0.5, 0.6) is 17.2 Å². The lowest BCUT2D eigenvalue weighted by Crippen LogP contribution is -2.38. The van der Waals surface area contributed by atoms with Gasteiger partial charge in [0.2, 0.25) is 5.91 Å². The number of ether oxygens (including phenoxy) is 3. The summed E-state index contributed by atoms with van der Waals surface area (Å²) in [6.07, 6.45) is 0. The van der Waals surface area contributed by atoms with E-state index in [4.69, 9.17) is 37.4 Å². The number of amides is 1. The minimum absolute atomic E-state index is 0.0905. The quantitative estimate of drug-likeness (QED) is 0.404. The molecular weight excluding hydrogens is 515 g/mol. The molecular formula is C24H24Cl2N2O6S. The number of hydrogen-bond acceptors (Lipinski definition) is 6. The first-order chi connectivity index (χ1) is 16.6. The van der Waals surface area contributed by atoms with Gasteiger partial charge in [-0.3, -0.25) is 9.10 Å². The standard InChI is InChI=1S/C24H24Cl2N2O6S/c1-15-5-8-22(34-4)23(11-15)35(30,31)28(17-7-10-21(33-3)19(26)13-17)14-24(29)27-16-6-9-20(32-2)18(25)12-16/h5-13H,14H2,1-4H3,(H,27,29). The Morgan fingerprint density at radius 1 is 0.857 bits per heavy atom. The topological polar surface area (TPSA) is 94.2 Å². The van der Waals surface area contributed by atoms with Crippen LogP contribution in [0.1, 0.15) is 5.56 Å². The van der Waals surface area contributed by atoms with Crippen LogP contribution in [0.2, 0.25) is 10.0 Å². The van der Waals surface area contributed by atoms with Crippen molar-refractivity contribution in [2.45, 2.75) is 11.8 Å². The maximum absolute atomic E-state index is 13.8. The third-order valence-electron chi connectivity index (χ3n) is 5.03. The Kier molecular flexibility index (Phi) is 8.37. The molecule has 3 aromatic carbocycles. The van der Waals surface area contributed by atoms with Gasteiger partial charge in [-0.2, -0.15) is 0 Å². The molecule has 35 heavy (non-hydrogen) atoms. The molecule has 0 unspecified atom stereocenters. The zero-order valence-electron chi connectivity index (χ0n) is 19.5. The van der Waals surface area contributed by atoms with E-state index < -0.39 is 22.5 Å². The summed E-state index contributed by atoms with van der Waals surface area (Å²) in [5.41, 5.74) is 1.25. The van der Waals surface area contributed by atoms with Crippen molar-refractivity contribution in [1.29, 1.82) is 0 Å². The SMILES string of the molecule is COc1ccc(NC(=O)CN(c2ccc(OC)c(Cl)c2)S(=O)(=O)c2cc(C)ccc2OC)cc1Cl. The summed E-state index contributed by atoms with van der Waals surface area (Å²) >= 11 is 12.4. The van der Waals surface area contributed by atoms with E-state index in [1.165, 1.54) is 51.7 Å². The first-order valence-electron chi connectivity index (χ1n) is 10.2. The van der Waals surface area contributed by atoms with Crippen molar-refractivity contribution in [3.05, 3.63) is 70.2 Å². The molecule has 186 valence electrons. The Hall–Kier alpha value is -3.14. The molecule has 11 heteroatoms. The normalized spacial score (nSPS) is 11.0. The van der Waals surface area contributed by atoms with E-state index in [1.807, 2.05) is 0 Å². The van der Waals surface area contributed by atoms with Gasteiger partial charge in [0.05, 0.1) is 37.1 Å². The van der Waals surface area contributed by atoms with Crippen molar-refractivity contribution in [2.75, 3.05) is 37.5 Å². The average Bonchev–Trinajstić information content (AvgIpc) is 2.82. The van der Waals surface area contributed by atoms with Crippen molar-refractivity contribution in [2.24, 2.45) is 0 Å². The summed E-state index contributed by atoms with van der Waals surface area (Å²) in [7, 11) is 0.0323. The lowest BCUT2D eigenvalue weighted by molar-refractivity contribution is -0.114. The van der Waals surface area contributed by atoms with E-state index in [9.17, 15) is 13.2 Å². The Labute approximate surface area is 214 Å². The number of sulfonamides is 1. The molecule has 3 rings (SSSR count). The summed E-state index contributed by atoms with van der Waals surface area (Å²) in [5, 5.41) is 3.14. The van der Waals surface area contributed by atoms with E-state index in [0.29, 0.717) is 27.8 Å². The fourth-order valence-electron chi connectivity index (χ4n) is 3.30. The molecule has 3 aromatic rings. The lowest BCUT2D eigenvalue weighted by Gasteiger charge is -2.25. The number of benzene rings is 3. The molecule has 0 bridgehead atoms. The molecule has 0 aromatic heterocycles. The monoisotopic (exact) mass is 538 g/mol. The summed E-state index contributed by atoms with van der Waals surface area (Å²) < 4.78 is 44.2. The average molecular weight is 539 g/mol. The highest BCUT2D eigenvalue weighted by Gasteiger charge is 2.31. The second-order valence-electron chi connectivity index (χ2n) is 7.38. The van der Waals surface area contributed by atoms with Crippen LogP contribution < -0.4 is 23.8 Å². The highest BCUT2D eigenvalue weighted by Crippen LogP contribution is 2.35. The molecule has 0 atom stereocenters. The Balaban J connectivity index is 2.03. The molecule has 0 spiro atoms. The van der Waals surface area contributed by atoms with Crippen LogP contribution in [0.4, 0.5) is 11.4 Å². The maximum atomic E-state index is 13.8. The first-order valence-corrected chi connectivity index (χ1v) is 12.4. The van der Waals surface area contributed by atoms with Crippen LogP contribution in [-0.4, -0.2) is 42.2 Å². The van der Waals surface area contributed by atoms with Gasteiger partial charge in [-0.15, -0.1) is 0 Å². The highest BCUT2D eigenvalue weighted by atomic mass is 35.5. The van der Waals surface area contributed by atoms with Gasteiger partial charge in [0.25, 0.3) is 10.0 Å². The fraction of sp³-hybridized carbons (Fsp3) is 0.208. The van der Waals surface area contributed by atoms with Crippen LogP contribution in [-0.2, 0) is 14.8 Å². The molecule has 0 aliphatic rings. The fourth-order valence-corrected chi connectivity index (χ4v) is 5.47. The molecule has 8 nitrogen and oxygen atoms in total. The van der Waals surface area contributed by atoms with Gasteiger partial charge < -0.3 is 19.5 Å². The molecule has 0 radical (unpaired) electrons. The van der Waals surface area contributed by atoms with Gasteiger partial charge in [0.15, 0.2) is 0 Å². The summed E-state index contributed by atoms with van der Waals surface area (Å²) in [5.74, 6) is 0.336. The van der Waals surface area contributed by atoms with Crippen molar-refractivity contribution in [3.63, 3.8) is 0 Å². The Bertz CT molecular complexity index is 1350. The number of methoxy groups -OCH3 is 3. The lowest BCUT2D eigenvalue weighted by atomic mass is 10.2. The van der Waals surface area contributed by atoms with E-state index in [-0.39, 0.29) is 21.4 Å². The second-order valence-corrected chi connectivity index (χ2v) is 10.0. The first kappa shape index (κ1) is 26.5. The van der Waals surface area contributed by atoms with Crippen LogP contribution in [0.25, 0.3) is 0 Å². The highest BCUT2D eigenvalue weighted by molar-refractivity contribution is 7.93. The van der Waals surface area contributed by atoms with E-state index in [1.54, 1.807) is 31.2 Å². The van der Waals surface area contributed by atoms with Gasteiger partial charge in [0.1, 0.15) is 28.7 Å². The van der Waals surface area contributed by atoms with Crippen molar-refractivity contribution in [3.8, 4) is 17.2 Å². The van der Waals surface area contributed by atoms with Crippen LogP contribution >= 0.6 is 23.2 Å². The number of nitrogens with zero attached hydrogens (tertiary/aromatic N) is 1. The van der Waals surface area contributed by atoms with E-state index in [0.717, 1.165) is 4.31 Å². The maximum Gasteiger partial charge on any atom is 0.268 e. The van der Waals surface area contributed by atoms with Gasteiger partial charge >= 0.3 is 0 Å². The minimum Gasteiger partial charge on any atom is -0.495 e. The summed E-state index contributed by atoms with van der Waals surface area (Å²) in [6.45, 7) is 1.21. The van der Waals surface area contributed by atoms with Gasteiger partial charge in [-0.1, -0.05) is 29.3 Å². The predicted molar refractivity (Wildman–Crippen MR) is 137 cm³/mol. The number of nitrogens with one attached hydrogen (secondary N) is 1. The number of anilines is 2. The molecule has 0 aliphatic heterocycles. The van der Waals surface area contributed by atoms with E-state index >= 15 is 0 Å². The molecule has 0 saturated carbocycles. The molecule has 1 N–H and O–H groups in total. The molecule has 0 fully saturated rings. The smallest absolute Gasteiger partial charge is 0.268 e. The molecule has 1 amide bonds. The summed E-state index contributed by atoms with van der Waals surface area (Å²) in [6, 6.07) is 13.9. The zero-order valence-corrected chi connectivity index (χ0v) is 21.8. The van der Waals surface area contributed by atoms with Gasteiger partial charge in [-0.25, -0.2) is 8.42 Å². The van der Waals surface area contributed by atoms with Crippen LogP contribution in [0.3, 0.4) is 0 Å². The Morgan fingerprint density at radius 3 is 2.00 bits per heavy atom. The number of carbonyl (C=O) groups is 1. The number of hydrogen-bond donors (Lipinski definition) is 1. The number of rotatable bonds is 9. The van der Waals surface area contributed by atoms with Gasteiger partial charge in [0, 0.05) is 5.69 Å². The zero-order chi connectivity index (χ0) is 25.8. The van der Waals surface area contributed by atoms with Crippen molar-refractivity contribution < 1.29 is 27.4 Å². The number of carbonyl (C=O) groups excluding carboxylic acids is 1. The number of halogens is 2. The minimum atomic E-state index is -4.26. The van der Waals surface area contributed by atoms with E-state index in [2.05, 4.69) is 5.32 Å². The van der Waals surface area contributed by atoms with Gasteiger partial charge in [-0.05, 0) is 61.0 Å². The second kappa shape index (κ2) is 11.1. The molecule has 0 heterocycles. The summed E-state index contributed by atoms with van der Waals surface area (Å²) in [4.78, 5) is 12.9.